The monoisotopic (exact) mass is 339 g/mol. The lowest BCUT2D eigenvalue weighted by molar-refractivity contribution is 0.578. The van der Waals surface area contributed by atoms with Crippen LogP contribution in [0.2, 0.25) is 0 Å². The number of hydrogen-bond acceptors (Lipinski definition) is 5. The van der Waals surface area contributed by atoms with Crippen molar-refractivity contribution in [3.63, 3.8) is 0 Å². The predicted octanol–water partition coefficient (Wildman–Crippen LogP) is 4.45. The first-order valence-electron chi connectivity index (χ1n) is 9.42. The van der Waals surface area contributed by atoms with E-state index in [1.807, 2.05) is 19.3 Å². The molecule has 1 aromatic heterocycles. The van der Waals surface area contributed by atoms with Gasteiger partial charge < -0.3 is 15.1 Å². The summed E-state index contributed by atoms with van der Waals surface area (Å²) < 4.78 is 0. The number of hydrogen-bond donors (Lipinski definition) is 1. The summed E-state index contributed by atoms with van der Waals surface area (Å²) in [6.07, 6.45) is 8.10. The van der Waals surface area contributed by atoms with Gasteiger partial charge in [-0.1, -0.05) is 13.3 Å². The second-order valence-corrected chi connectivity index (χ2v) is 6.74. The van der Waals surface area contributed by atoms with Crippen LogP contribution in [-0.4, -0.2) is 36.6 Å². The molecule has 1 aliphatic heterocycles. The van der Waals surface area contributed by atoms with E-state index in [0.29, 0.717) is 0 Å². The van der Waals surface area contributed by atoms with E-state index in [1.54, 1.807) is 0 Å². The molecular formula is C20H29N5. The summed E-state index contributed by atoms with van der Waals surface area (Å²) in [6, 6.07) is 10.6. The Labute approximate surface area is 151 Å². The van der Waals surface area contributed by atoms with Crippen LogP contribution in [0.25, 0.3) is 0 Å². The summed E-state index contributed by atoms with van der Waals surface area (Å²) >= 11 is 0. The van der Waals surface area contributed by atoms with Gasteiger partial charge in [0.15, 0.2) is 0 Å². The maximum Gasteiger partial charge on any atom is 0.227 e. The Morgan fingerprint density at radius 2 is 1.84 bits per heavy atom. The summed E-state index contributed by atoms with van der Waals surface area (Å²) in [5, 5.41) is 3.39. The quantitative estimate of drug-likeness (QED) is 0.807. The molecule has 1 aliphatic rings. The zero-order valence-electron chi connectivity index (χ0n) is 15.4. The standard InChI is InChI=1S/C20H29N5/c1-3-4-14-24(2)20-21-13-12-19(23-20)22-17-8-10-18(11-9-17)25-15-6-5-7-16-25/h8-13H,3-7,14-16H2,1-2H3,(H,21,22,23). The smallest absolute Gasteiger partial charge is 0.227 e. The van der Waals surface area contributed by atoms with Gasteiger partial charge in [0, 0.05) is 44.3 Å². The molecule has 0 spiro atoms. The third-order valence-electron chi connectivity index (χ3n) is 4.69. The van der Waals surface area contributed by atoms with Crippen molar-refractivity contribution in [1.29, 1.82) is 0 Å². The van der Waals surface area contributed by atoms with Crippen LogP contribution in [0.3, 0.4) is 0 Å². The molecule has 134 valence electrons. The van der Waals surface area contributed by atoms with Crippen molar-refractivity contribution in [3.8, 4) is 0 Å². The molecule has 1 N–H and O–H groups in total. The van der Waals surface area contributed by atoms with Gasteiger partial charge in [0.25, 0.3) is 0 Å². The average Bonchev–Trinajstić information content (AvgIpc) is 2.67. The highest BCUT2D eigenvalue weighted by Gasteiger charge is 2.10. The lowest BCUT2D eigenvalue weighted by atomic mass is 10.1. The molecule has 25 heavy (non-hydrogen) atoms. The minimum Gasteiger partial charge on any atom is -0.372 e. The van der Waals surface area contributed by atoms with Gasteiger partial charge in [-0.3, -0.25) is 0 Å². The predicted molar refractivity (Wildman–Crippen MR) is 106 cm³/mol. The topological polar surface area (TPSA) is 44.3 Å². The van der Waals surface area contributed by atoms with Crippen LogP contribution < -0.4 is 15.1 Å². The fourth-order valence-corrected chi connectivity index (χ4v) is 3.15. The highest BCUT2D eigenvalue weighted by molar-refractivity contribution is 5.61. The highest BCUT2D eigenvalue weighted by atomic mass is 15.2. The fraction of sp³-hybridized carbons (Fsp3) is 0.500. The molecule has 0 atom stereocenters. The van der Waals surface area contributed by atoms with E-state index in [1.165, 1.54) is 44.5 Å². The third-order valence-corrected chi connectivity index (χ3v) is 4.69. The Kier molecular flexibility index (Phi) is 6.09. The van der Waals surface area contributed by atoms with E-state index in [-0.39, 0.29) is 0 Å². The first kappa shape index (κ1) is 17.5. The SMILES string of the molecule is CCCCN(C)c1nccc(Nc2ccc(N3CCCCC3)cc2)n1. The Morgan fingerprint density at radius 3 is 2.56 bits per heavy atom. The molecule has 1 saturated heterocycles. The van der Waals surface area contributed by atoms with Crippen LogP contribution in [-0.2, 0) is 0 Å². The highest BCUT2D eigenvalue weighted by Crippen LogP contribution is 2.23. The normalized spacial score (nSPS) is 14.4. The number of nitrogens with one attached hydrogen (secondary N) is 1. The van der Waals surface area contributed by atoms with E-state index in [0.717, 1.165) is 30.4 Å². The second kappa shape index (κ2) is 8.70. The molecule has 0 aliphatic carbocycles. The number of unbranched alkanes of at least 4 members (excludes halogenated alkanes) is 1. The fourth-order valence-electron chi connectivity index (χ4n) is 3.15. The molecule has 5 nitrogen and oxygen atoms in total. The van der Waals surface area contributed by atoms with Gasteiger partial charge >= 0.3 is 0 Å². The maximum atomic E-state index is 4.63. The molecule has 0 bridgehead atoms. The molecule has 0 saturated carbocycles. The molecule has 0 amide bonds. The van der Waals surface area contributed by atoms with Gasteiger partial charge in [-0.2, -0.15) is 4.98 Å². The van der Waals surface area contributed by atoms with Crippen molar-refractivity contribution in [3.05, 3.63) is 36.5 Å². The van der Waals surface area contributed by atoms with Gasteiger partial charge in [0.05, 0.1) is 0 Å². The number of piperidine rings is 1. The summed E-state index contributed by atoms with van der Waals surface area (Å²) in [5.41, 5.74) is 2.37. The maximum absolute atomic E-state index is 4.63. The van der Waals surface area contributed by atoms with E-state index >= 15 is 0 Å². The summed E-state index contributed by atoms with van der Waals surface area (Å²) in [5.74, 6) is 1.60. The first-order chi connectivity index (χ1) is 12.3. The van der Waals surface area contributed by atoms with Crippen molar-refractivity contribution >= 4 is 23.1 Å². The molecular weight excluding hydrogens is 310 g/mol. The minimum atomic E-state index is 0.767. The third kappa shape index (κ3) is 4.84. The van der Waals surface area contributed by atoms with Crippen LogP contribution in [0, 0.1) is 0 Å². The molecule has 5 heteroatoms. The molecule has 2 heterocycles. The van der Waals surface area contributed by atoms with Crippen LogP contribution >= 0.6 is 0 Å². The van der Waals surface area contributed by atoms with Crippen LogP contribution in [0.15, 0.2) is 36.5 Å². The number of aromatic nitrogens is 2. The zero-order valence-corrected chi connectivity index (χ0v) is 15.4. The van der Waals surface area contributed by atoms with Crippen LogP contribution in [0.4, 0.5) is 23.1 Å². The largest absolute Gasteiger partial charge is 0.372 e. The van der Waals surface area contributed by atoms with Crippen LogP contribution in [0.5, 0.6) is 0 Å². The van der Waals surface area contributed by atoms with Crippen molar-refractivity contribution in [1.82, 2.24) is 9.97 Å². The van der Waals surface area contributed by atoms with Gasteiger partial charge in [-0.15, -0.1) is 0 Å². The van der Waals surface area contributed by atoms with Crippen molar-refractivity contribution < 1.29 is 0 Å². The average molecular weight is 339 g/mol. The molecule has 1 aromatic carbocycles. The van der Waals surface area contributed by atoms with Crippen molar-refractivity contribution in [2.24, 2.45) is 0 Å². The Hall–Kier alpha value is -2.30. The molecule has 3 rings (SSSR count). The Bertz CT molecular complexity index is 649. The first-order valence-corrected chi connectivity index (χ1v) is 9.42. The Balaban J connectivity index is 1.63. The zero-order chi connectivity index (χ0) is 17.5. The minimum absolute atomic E-state index is 0.767. The van der Waals surface area contributed by atoms with Gasteiger partial charge in [0.1, 0.15) is 5.82 Å². The van der Waals surface area contributed by atoms with E-state index in [2.05, 4.69) is 56.3 Å². The van der Waals surface area contributed by atoms with Gasteiger partial charge in [-0.05, 0) is 56.0 Å². The van der Waals surface area contributed by atoms with Gasteiger partial charge in [0.2, 0.25) is 5.95 Å². The lowest BCUT2D eigenvalue weighted by Crippen LogP contribution is -2.29. The van der Waals surface area contributed by atoms with Crippen molar-refractivity contribution in [2.45, 2.75) is 39.0 Å². The summed E-state index contributed by atoms with van der Waals surface area (Å²) in [4.78, 5) is 13.6. The van der Waals surface area contributed by atoms with E-state index < -0.39 is 0 Å². The summed E-state index contributed by atoms with van der Waals surface area (Å²) in [7, 11) is 2.04. The number of benzene rings is 1. The van der Waals surface area contributed by atoms with E-state index in [9.17, 15) is 0 Å². The van der Waals surface area contributed by atoms with E-state index in [4.69, 9.17) is 0 Å². The molecule has 2 aromatic rings. The second-order valence-electron chi connectivity index (χ2n) is 6.74. The number of nitrogens with zero attached hydrogens (tertiary/aromatic N) is 4. The van der Waals surface area contributed by atoms with Crippen molar-refractivity contribution in [2.75, 3.05) is 41.8 Å². The lowest BCUT2D eigenvalue weighted by Gasteiger charge is -2.28. The molecule has 1 fully saturated rings. The molecule has 0 radical (unpaired) electrons. The molecule has 0 unspecified atom stereocenters. The summed E-state index contributed by atoms with van der Waals surface area (Å²) in [6.45, 7) is 5.52. The Morgan fingerprint density at radius 1 is 1.08 bits per heavy atom. The number of rotatable bonds is 7. The van der Waals surface area contributed by atoms with Gasteiger partial charge in [-0.25, -0.2) is 4.98 Å². The number of anilines is 4. The van der Waals surface area contributed by atoms with Crippen LogP contribution in [0.1, 0.15) is 39.0 Å².